The molecule has 0 saturated heterocycles. The molecule has 0 bridgehead atoms. The van der Waals surface area contributed by atoms with E-state index in [0.717, 1.165) is 5.69 Å². The third-order valence-corrected chi connectivity index (χ3v) is 4.49. The van der Waals surface area contributed by atoms with Crippen LogP contribution in [0, 0.1) is 0 Å². The molecule has 0 saturated carbocycles. The molecule has 1 amide bonds. The Labute approximate surface area is 146 Å². The number of halogens is 1. The Bertz CT molecular complexity index is 664. The van der Waals surface area contributed by atoms with Crippen molar-refractivity contribution in [2.24, 2.45) is 0 Å². The summed E-state index contributed by atoms with van der Waals surface area (Å²) < 4.78 is 1.83. The van der Waals surface area contributed by atoms with Crippen LogP contribution >= 0.6 is 23.4 Å². The molecule has 7 heteroatoms. The van der Waals surface area contributed by atoms with E-state index >= 15 is 0 Å². The van der Waals surface area contributed by atoms with Crippen molar-refractivity contribution in [1.29, 1.82) is 0 Å². The summed E-state index contributed by atoms with van der Waals surface area (Å²) in [5.41, 5.74) is 0.877. The van der Waals surface area contributed by atoms with Crippen LogP contribution in [0.2, 0.25) is 5.02 Å². The van der Waals surface area contributed by atoms with Gasteiger partial charge in [-0.15, -0.1) is 10.2 Å². The Morgan fingerprint density at radius 1 is 1.30 bits per heavy atom. The molecule has 5 nitrogen and oxygen atoms in total. The maximum absolute atomic E-state index is 12.4. The van der Waals surface area contributed by atoms with Gasteiger partial charge < -0.3 is 4.90 Å². The zero-order valence-electron chi connectivity index (χ0n) is 13.7. The van der Waals surface area contributed by atoms with Gasteiger partial charge in [-0.3, -0.25) is 9.36 Å². The zero-order chi connectivity index (χ0) is 17.0. The normalized spacial score (nSPS) is 11.3. The molecule has 0 radical (unpaired) electrons. The Kier molecular flexibility index (Phi) is 6.07. The molecule has 0 N–H and O–H groups in total. The molecule has 0 aliphatic heterocycles. The van der Waals surface area contributed by atoms with Crippen LogP contribution in [0.15, 0.2) is 35.7 Å². The number of thioether (sulfide) groups is 1. The van der Waals surface area contributed by atoms with E-state index in [1.807, 2.05) is 61.4 Å². The number of carbonyl (C=O) groups is 1. The van der Waals surface area contributed by atoms with Gasteiger partial charge in [0.1, 0.15) is 6.33 Å². The Balaban J connectivity index is 2.11. The average molecular weight is 353 g/mol. The third kappa shape index (κ3) is 4.48. The number of hydrogen-bond donors (Lipinski definition) is 0. The lowest BCUT2D eigenvalue weighted by Gasteiger charge is -2.30. The maximum atomic E-state index is 12.4. The highest BCUT2D eigenvalue weighted by Crippen LogP contribution is 2.22. The number of carbonyl (C=O) groups excluding carboxylic acids is 1. The van der Waals surface area contributed by atoms with E-state index in [9.17, 15) is 4.79 Å². The summed E-state index contributed by atoms with van der Waals surface area (Å²) in [7, 11) is 0. The van der Waals surface area contributed by atoms with Gasteiger partial charge in [-0.1, -0.05) is 29.4 Å². The van der Waals surface area contributed by atoms with Gasteiger partial charge >= 0.3 is 0 Å². The molecule has 124 valence electrons. The Hall–Kier alpha value is -1.53. The fourth-order valence-corrected chi connectivity index (χ4v) is 3.48. The van der Waals surface area contributed by atoms with E-state index in [0.29, 0.717) is 15.9 Å². The molecule has 1 heterocycles. The van der Waals surface area contributed by atoms with Crippen molar-refractivity contribution in [3.63, 3.8) is 0 Å². The van der Waals surface area contributed by atoms with Crippen LogP contribution in [-0.4, -0.2) is 43.4 Å². The summed E-state index contributed by atoms with van der Waals surface area (Å²) in [6.07, 6.45) is 1.63. The summed E-state index contributed by atoms with van der Waals surface area (Å²) in [6.45, 7) is 8.10. The second kappa shape index (κ2) is 7.84. The first kappa shape index (κ1) is 17.8. The molecule has 0 atom stereocenters. The minimum Gasteiger partial charge on any atom is -0.337 e. The number of amides is 1. The highest BCUT2D eigenvalue weighted by molar-refractivity contribution is 7.99. The smallest absolute Gasteiger partial charge is 0.233 e. The van der Waals surface area contributed by atoms with Gasteiger partial charge in [0.2, 0.25) is 5.91 Å². The highest BCUT2D eigenvalue weighted by atomic mass is 35.5. The van der Waals surface area contributed by atoms with Gasteiger partial charge in [0, 0.05) is 17.1 Å². The van der Waals surface area contributed by atoms with Crippen molar-refractivity contribution in [1.82, 2.24) is 19.7 Å². The largest absolute Gasteiger partial charge is 0.337 e. The van der Waals surface area contributed by atoms with Crippen LogP contribution in [0.3, 0.4) is 0 Å². The molecule has 2 aromatic rings. The van der Waals surface area contributed by atoms with Crippen molar-refractivity contribution in [2.75, 3.05) is 5.75 Å². The van der Waals surface area contributed by atoms with Crippen LogP contribution in [0.5, 0.6) is 0 Å². The van der Waals surface area contributed by atoms with E-state index in [-0.39, 0.29) is 18.0 Å². The molecule has 2 rings (SSSR count). The fraction of sp³-hybridized carbons (Fsp3) is 0.438. The highest BCUT2D eigenvalue weighted by Gasteiger charge is 2.21. The molecule has 1 aromatic heterocycles. The molecule has 23 heavy (non-hydrogen) atoms. The van der Waals surface area contributed by atoms with Crippen LogP contribution in [0.25, 0.3) is 5.69 Å². The van der Waals surface area contributed by atoms with Crippen molar-refractivity contribution < 1.29 is 4.79 Å². The van der Waals surface area contributed by atoms with Crippen LogP contribution in [0.1, 0.15) is 27.7 Å². The number of aromatic nitrogens is 3. The van der Waals surface area contributed by atoms with Gasteiger partial charge in [0.05, 0.1) is 11.4 Å². The van der Waals surface area contributed by atoms with Gasteiger partial charge in [-0.25, -0.2) is 0 Å². The second-order valence-electron chi connectivity index (χ2n) is 5.74. The average Bonchev–Trinajstić information content (AvgIpc) is 2.92. The van der Waals surface area contributed by atoms with E-state index in [1.54, 1.807) is 6.33 Å². The van der Waals surface area contributed by atoms with Gasteiger partial charge in [-0.2, -0.15) is 0 Å². The minimum atomic E-state index is 0.0978. The summed E-state index contributed by atoms with van der Waals surface area (Å²) in [5, 5.41) is 9.37. The monoisotopic (exact) mass is 352 g/mol. The number of hydrogen-bond acceptors (Lipinski definition) is 4. The quantitative estimate of drug-likeness (QED) is 0.744. The molecule has 1 aromatic carbocycles. The van der Waals surface area contributed by atoms with Gasteiger partial charge in [0.25, 0.3) is 0 Å². The van der Waals surface area contributed by atoms with Crippen molar-refractivity contribution in [3.8, 4) is 5.69 Å². The third-order valence-electron chi connectivity index (χ3n) is 3.33. The molecule has 0 spiro atoms. The molecule has 0 aliphatic rings. The van der Waals surface area contributed by atoms with E-state index < -0.39 is 0 Å². The molecule has 0 fully saturated rings. The molecular formula is C16H21ClN4OS. The predicted octanol–water partition coefficient (Wildman–Crippen LogP) is 3.66. The SMILES string of the molecule is CC(C)N(C(=O)CSc1nncn1-c1cccc(Cl)c1)C(C)C. The maximum Gasteiger partial charge on any atom is 0.233 e. The summed E-state index contributed by atoms with van der Waals surface area (Å²) in [4.78, 5) is 14.3. The minimum absolute atomic E-state index is 0.0978. The van der Waals surface area contributed by atoms with E-state index in [2.05, 4.69) is 10.2 Å². The van der Waals surface area contributed by atoms with Crippen LogP contribution in [-0.2, 0) is 4.79 Å². The van der Waals surface area contributed by atoms with E-state index in [1.165, 1.54) is 11.8 Å². The lowest BCUT2D eigenvalue weighted by atomic mass is 10.2. The molecular weight excluding hydrogens is 332 g/mol. The number of nitrogens with zero attached hydrogens (tertiary/aromatic N) is 4. The lowest BCUT2D eigenvalue weighted by molar-refractivity contribution is -0.131. The Morgan fingerprint density at radius 2 is 2.00 bits per heavy atom. The lowest BCUT2D eigenvalue weighted by Crippen LogP contribution is -2.43. The molecule has 0 aliphatic carbocycles. The summed E-state index contributed by atoms with van der Waals surface area (Å²) in [5.74, 6) is 0.427. The van der Waals surface area contributed by atoms with Crippen LogP contribution in [0.4, 0.5) is 0 Å². The summed E-state index contributed by atoms with van der Waals surface area (Å²) in [6, 6.07) is 7.80. The van der Waals surface area contributed by atoms with Crippen LogP contribution < -0.4 is 0 Å². The first-order valence-electron chi connectivity index (χ1n) is 7.50. The van der Waals surface area contributed by atoms with Crippen molar-refractivity contribution in [2.45, 2.75) is 44.9 Å². The van der Waals surface area contributed by atoms with Crippen molar-refractivity contribution >= 4 is 29.3 Å². The van der Waals surface area contributed by atoms with Crippen molar-refractivity contribution in [3.05, 3.63) is 35.6 Å². The Morgan fingerprint density at radius 3 is 2.61 bits per heavy atom. The van der Waals surface area contributed by atoms with E-state index in [4.69, 9.17) is 11.6 Å². The topological polar surface area (TPSA) is 51.0 Å². The first-order valence-corrected chi connectivity index (χ1v) is 8.86. The van der Waals surface area contributed by atoms with Gasteiger partial charge in [-0.05, 0) is 45.9 Å². The standard InChI is InChI=1S/C16H21ClN4OS/c1-11(2)21(12(3)4)15(22)9-23-16-19-18-10-20(16)14-7-5-6-13(17)8-14/h5-8,10-12H,9H2,1-4H3. The van der Waals surface area contributed by atoms with Gasteiger partial charge in [0.15, 0.2) is 5.16 Å². The fourth-order valence-electron chi connectivity index (χ4n) is 2.50. The second-order valence-corrected chi connectivity index (χ2v) is 7.12. The number of rotatable bonds is 6. The molecule has 0 unspecified atom stereocenters. The summed E-state index contributed by atoms with van der Waals surface area (Å²) >= 11 is 7.41. The predicted molar refractivity (Wildman–Crippen MR) is 94.2 cm³/mol. The first-order chi connectivity index (χ1) is 10.9. The zero-order valence-corrected chi connectivity index (χ0v) is 15.3. The number of benzene rings is 1.